The second-order valence-corrected chi connectivity index (χ2v) is 4.22. The van der Waals surface area contributed by atoms with Gasteiger partial charge in [-0.1, -0.05) is 50.2 Å². The lowest BCUT2D eigenvalue weighted by Crippen LogP contribution is -2.03. The molecule has 100 valence electrons. The second-order valence-electron chi connectivity index (χ2n) is 4.22. The predicted octanol–water partition coefficient (Wildman–Crippen LogP) is 4.21. The van der Waals surface area contributed by atoms with Gasteiger partial charge in [-0.2, -0.15) is 0 Å². The zero-order chi connectivity index (χ0) is 14.1. The molecule has 3 nitrogen and oxygen atoms in total. The van der Waals surface area contributed by atoms with Crippen LogP contribution >= 0.6 is 0 Å². The SMILES string of the molecule is CC(C)C(=O)O.c1ccc(Oc2ccccc2)cc1. The van der Waals surface area contributed by atoms with Crippen LogP contribution in [0.2, 0.25) is 0 Å². The van der Waals surface area contributed by atoms with Gasteiger partial charge in [0.1, 0.15) is 11.5 Å². The first-order valence-electron chi connectivity index (χ1n) is 6.10. The van der Waals surface area contributed by atoms with Crippen LogP contribution in [0.3, 0.4) is 0 Å². The van der Waals surface area contributed by atoms with Crippen LogP contribution < -0.4 is 4.74 Å². The van der Waals surface area contributed by atoms with E-state index in [1.807, 2.05) is 60.7 Å². The summed E-state index contributed by atoms with van der Waals surface area (Å²) in [7, 11) is 0. The van der Waals surface area contributed by atoms with Gasteiger partial charge in [-0.3, -0.25) is 4.79 Å². The van der Waals surface area contributed by atoms with Gasteiger partial charge in [-0.05, 0) is 24.3 Å². The molecule has 0 aromatic heterocycles. The Morgan fingerprint density at radius 2 is 1.21 bits per heavy atom. The highest BCUT2D eigenvalue weighted by Crippen LogP contribution is 2.19. The van der Waals surface area contributed by atoms with E-state index in [0.717, 1.165) is 11.5 Å². The molecule has 1 N–H and O–H groups in total. The zero-order valence-corrected chi connectivity index (χ0v) is 11.1. The molecule has 0 aliphatic carbocycles. The summed E-state index contributed by atoms with van der Waals surface area (Å²) < 4.78 is 5.58. The fraction of sp³-hybridized carbons (Fsp3) is 0.188. The number of carbonyl (C=O) groups is 1. The zero-order valence-electron chi connectivity index (χ0n) is 11.1. The van der Waals surface area contributed by atoms with Crippen LogP contribution in [0.4, 0.5) is 0 Å². The molecule has 2 aromatic rings. The smallest absolute Gasteiger partial charge is 0.305 e. The van der Waals surface area contributed by atoms with Gasteiger partial charge in [-0.25, -0.2) is 0 Å². The Labute approximate surface area is 113 Å². The summed E-state index contributed by atoms with van der Waals surface area (Å²) in [5, 5.41) is 7.99. The van der Waals surface area contributed by atoms with Crippen molar-refractivity contribution in [1.29, 1.82) is 0 Å². The normalized spacial score (nSPS) is 9.42. The van der Waals surface area contributed by atoms with Crippen molar-refractivity contribution in [2.24, 2.45) is 5.92 Å². The van der Waals surface area contributed by atoms with Gasteiger partial charge in [0.05, 0.1) is 5.92 Å². The third-order valence-electron chi connectivity index (χ3n) is 2.22. The minimum Gasteiger partial charge on any atom is -0.481 e. The topological polar surface area (TPSA) is 46.5 Å². The predicted molar refractivity (Wildman–Crippen MR) is 75.4 cm³/mol. The third-order valence-corrected chi connectivity index (χ3v) is 2.22. The van der Waals surface area contributed by atoms with Gasteiger partial charge in [0.25, 0.3) is 0 Å². The molecule has 0 heterocycles. The fourth-order valence-electron chi connectivity index (χ4n) is 1.11. The monoisotopic (exact) mass is 258 g/mol. The average Bonchev–Trinajstić information content (AvgIpc) is 2.41. The van der Waals surface area contributed by atoms with E-state index < -0.39 is 5.97 Å². The van der Waals surface area contributed by atoms with Crippen molar-refractivity contribution >= 4 is 5.97 Å². The Hall–Kier alpha value is -2.29. The van der Waals surface area contributed by atoms with E-state index in [0.29, 0.717) is 0 Å². The average molecular weight is 258 g/mol. The Morgan fingerprint density at radius 1 is 0.895 bits per heavy atom. The van der Waals surface area contributed by atoms with Crippen molar-refractivity contribution in [3.05, 3.63) is 60.7 Å². The Kier molecular flexibility index (Phi) is 6.16. The first kappa shape index (κ1) is 14.8. The maximum atomic E-state index is 9.70. The second kappa shape index (κ2) is 7.93. The maximum absolute atomic E-state index is 9.70. The lowest BCUT2D eigenvalue weighted by atomic mass is 10.2. The fourth-order valence-corrected chi connectivity index (χ4v) is 1.11. The summed E-state index contributed by atoms with van der Waals surface area (Å²) in [4.78, 5) is 9.70. The quantitative estimate of drug-likeness (QED) is 0.897. The number of aliphatic carboxylic acids is 1. The minimum atomic E-state index is -0.741. The Balaban J connectivity index is 0.000000258. The molecule has 0 bridgehead atoms. The number of ether oxygens (including phenoxy) is 1. The Morgan fingerprint density at radius 3 is 1.47 bits per heavy atom. The minimum absolute atomic E-state index is 0.231. The van der Waals surface area contributed by atoms with E-state index in [2.05, 4.69) is 0 Å². The molecule has 19 heavy (non-hydrogen) atoms. The van der Waals surface area contributed by atoms with Crippen molar-refractivity contribution in [3.8, 4) is 11.5 Å². The van der Waals surface area contributed by atoms with Crippen LogP contribution in [0.15, 0.2) is 60.7 Å². The number of benzene rings is 2. The Bertz CT molecular complexity index is 440. The van der Waals surface area contributed by atoms with Gasteiger partial charge >= 0.3 is 5.97 Å². The molecule has 0 amide bonds. The van der Waals surface area contributed by atoms with Crippen molar-refractivity contribution in [3.63, 3.8) is 0 Å². The highest BCUT2D eigenvalue weighted by atomic mass is 16.5. The van der Waals surface area contributed by atoms with E-state index >= 15 is 0 Å². The molecule has 0 saturated heterocycles. The molecular formula is C16H18O3. The van der Waals surface area contributed by atoms with Crippen molar-refractivity contribution in [1.82, 2.24) is 0 Å². The summed E-state index contributed by atoms with van der Waals surface area (Å²) in [6.45, 7) is 3.28. The summed E-state index contributed by atoms with van der Waals surface area (Å²) in [5.74, 6) is 0.766. The van der Waals surface area contributed by atoms with Gasteiger partial charge in [0, 0.05) is 0 Å². The standard InChI is InChI=1S/C12H10O.C4H8O2/c1-3-7-11(8-4-1)13-12-9-5-2-6-10-12;1-3(2)4(5)6/h1-10H;3H,1-2H3,(H,5,6). The van der Waals surface area contributed by atoms with E-state index in [1.165, 1.54) is 0 Å². The van der Waals surface area contributed by atoms with Crippen LogP contribution in [-0.2, 0) is 4.79 Å². The van der Waals surface area contributed by atoms with Crippen LogP contribution in [0.5, 0.6) is 11.5 Å². The molecular weight excluding hydrogens is 240 g/mol. The highest BCUT2D eigenvalue weighted by Gasteiger charge is 1.99. The van der Waals surface area contributed by atoms with E-state index in [1.54, 1.807) is 13.8 Å². The van der Waals surface area contributed by atoms with Crippen molar-refractivity contribution in [2.45, 2.75) is 13.8 Å². The van der Waals surface area contributed by atoms with Gasteiger partial charge < -0.3 is 9.84 Å². The molecule has 2 rings (SSSR count). The van der Waals surface area contributed by atoms with Crippen LogP contribution in [0, 0.1) is 5.92 Å². The van der Waals surface area contributed by atoms with Crippen LogP contribution in [0.1, 0.15) is 13.8 Å². The maximum Gasteiger partial charge on any atom is 0.305 e. The van der Waals surface area contributed by atoms with Gasteiger partial charge in [0.15, 0.2) is 0 Å². The largest absolute Gasteiger partial charge is 0.481 e. The third kappa shape index (κ3) is 6.27. The van der Waals surface area contributed by atoms with E-state index in [4.69, 9.17) is 9.84 Å². The summed E-state index contributed by atoms with van der Waals surface area (Å²) in [6.07, 6.45) is 0. The number of carboxylic acids is 1. The molecule has 0 aliphatic heterocycles. The number of hydrogen-bond acceptors (Lipinski definition) is 2. The number of hydrogen-bond donors (Lipinski definition) is 1. The summed E-state index contributed by atoms with van der Waals surface area (Å²) >= 11 is 0. The molecule has 0 fully saturated rings. The first-order valence-corrected chi connectivity index (χ1v) is 6.10. The van der Waals surface area contributed by atoms with Crippen LogP contribution in [-0.4, -0.2) is 11.1 Å². The number of rotatable bonds is 3. The van der Waals surface area contributed by atoms with Crippen molar-refractivity contribution < 1.29 is 14.6 Å². The molecule has 3 heteroatoms. The molecule has 0 saturated carbocycles. The van der Waals surface area contributed by atoms with Crippen LogP contribution in [0.25, 0.3) is 0 Å². The molecule has 0 unspecified atom stereocenters. The molecule has 0 aliphatic rings. The first-order chi connectivity index (χ1) is 9.09. The molecule has 0 atom stereocenters. The highest BCUT2D eigenvalue weighted by molar-refractivity contribution is 5.68. The van der Waals surface area contributed by atoms with Gasteiger partial charge in [0.2, 0.25) is 0 Å². The lowest BCUT2D eigenvalue weighted by Gasteiger charge is -2.03. The number of para-hydroxylation sites is 2. The van der Waals surface area contributed by atoms with Crippen molar-refractivity contribution in [2.75, 3.05) is 0 Å². The number of carboxylic acid groups (broad SMARTS) is 1. The van der Waals surface area contributed by atoms with E-state index in [9.17, 15) is 4.79 Å². The lowest BCUT2D eigenvalue weighted by molar-refractivity contribution is -0.140. The molecule has 0 spiro atoms. The molecule has 0 radical (unpaired) electrons. The van der Waals surface area contributed by atoms with Gasteiger partial charge in [-0.15, -0.1) is 0 Å². The molecule has 2 aromatic carbocycles. The summed E-state index contributed by atoms with van der Waals surface area (Å²) in [5.41, 5.74) is 0. The summed E-state index contributed by atoms with van der Waals surface area (Å²) in [6, 6.07) is 19.5. The van der Waals surface area contributed by atoms with E-state index in [-0.39, 0.29) is 5.92 Å².